The van der Waals surface area contributed by atoms with Crippen molar-refractivity contribution in [3.63, 3.8) is 0 Å². The molecule has 0 aliphatic carbocycles. The van der Waals surface area contributed by atoms with Crippen molar-refractivity contribution >= 4 is 24.0 Å². The van der Waals surface area contributed by atoms with Gasteiger partial charge in [-0.15, -0.1) is 24.0 Å². The number of rotatable bonds is 2. The number of aryl methyl sites for hydroxylation is 1. The lowest BCUT2D eigenvalue weighted by atomic mass is 10.8. The average Bonchev–Trinajstić information content (AvgIpc) is 2.19. The van der Waals surface area contributed by atoms with Crippen molar-refractivity contribution in [1.82, 2.24) is 14.8 Å². The summed E-state index contributed by atoms with van der Waals surface area (Å²) in [4.78, 5) is 3.73. The van der Waals surface area contributed by atoms with Gasteiger partial charge in [-0.25, -0.2) is 4.98 Å². The summed E-state index contributed by atoms with van der Waals surface area (Å²) in [5.74, 6) is 0.587. The molecule has 0 radical (unpaired) electrons. The molecule has 1 rings (SSSR count). The third kappa shape index (κ3) is 2.67. The third-order valence-corrected chi connectivity index (χ3v) is 0.949. The fraction of sp³-hybridized carbons (Fsp3) is 0.500. The molecular weight excluding hydrogens is 161 g/mol. The molecule has 3 nitrogen and oxygen atoms in total. The molecule has 0 aliphatic heterocycles. The van der Waals surface area contributed by atoms with E-state index in [1.54, 1.807) is 11.0 Å². The lowest BCUT2D eigenvalue weighted by Crippen LogP contribution is -1.98. The van der Waals surface area contributed by atoms with Gasteiger partial charge in [0.2, 0.25) is 0 Å². The highest BCUT2D eigenvalue weighted by molar-refractivity contribution is 6.17. The van der Waals surface area contributed by atoms with Gasteiger partial charge in [0.25, 0.3) is 0 Å². The fourth-order valence-electron chi connectivity index (χ4n) is 0.435. The summed E-state index contributed by atoms with van der Waals surface area (Å²) < 4.78 is 1.69. The van der Waals surface area contributed by atoms with E-state index in [1.807, 2.05) is 0 Å². The molecule has 0 N–H and O–H groups in total. The summed E-state index contributed by atoms with van der Waals surface area (Å²) in [5.41, 5.74) is 0. The molecule has 0 amide bonds. The second-order valence-corrected chi connectivity index (χ2v) is 1.73. The monoisotopic (exact) mass is 167 g/mol. The van der Waals surface area contributed by atoms with Gasteiger partial charge >= 0.3 is 0 Å². The minimum atomic E-state index is 0. The molecule has 0 unspecified atom stereocenters. The van der Waals surface area contributed by atoms with Crippen LogP contribution in [0.3, 0.4) is 0 Å². The Kier molecular flexibility index (Phi) is 4.44. The zero-order valence-electron chi connectivity index (χ0n) is 4.70. The lowest BCUT2D eigenvalue weighted by Gasteiger charge is -1.89. The van der Waals surface area contributed by atoms with E-state index in [1.165, 1.54) is 6.33 Å². The first-order chi connectivity index (χ1) is 3.93. The van der Waals surface area contributed by atoms with Crippen LogP contribution in [0.15, 0.2) is 12.7 Å². The molecule has 1 heterocycles. The smallest absolute Gasteiger partial charge is 0.137 e. The van der Waals surface area contributed by atoms with Gasteiger partial charge in [0.1, 0.15) is 12.7 Å². The van der Waals surface area contributed by atoms with Crippen molar-refractivity contribution in [3.05, 3.63) is 12.7 Å². The zero-order chi connectivity index (χ0) is 5.82. The van der Waals surface area contributed by atoms with Gasteiger partial charge in [0.05, 0.1) is 6.54 Å². The maximum absolute atomic E-state index is 5.40. The van der Waals surface area contributed by atoms with E-state index in [4.69, 9.17) is 11.6 Å². The molecule has 0 bridgehead atoms. The largest absolute Gasteiger partial charge is 0.252 e. The summed E-state index contributed by atoms with van der Waals surface area (Å²) in [5, 5.41) is 3.83. The Morgan fingerprint density at radius 2 is 2.33 bits per heavy atom. The third-order valence-electron chi connectivity index (χ3n) is 0.780. The molecule has 0 spiro atoms. The quantitative estimate of drug-likeness (QED) is 0.615. The Morgan fingerprint density at radius 3 is 2.78 bits per heavy atom. The molecule has 1 aromatic heterocycles. The van der Waals surface area contributed by atoms with Crippen LogP contribution in [0.4, 0.5) is 0 Å². The number of aromatic nitrogens is 3. The van der Waals surface area contributed by atoms with E-state index in [2.05, 4.69) is 10.1 Å². The van der Waals surface area contributed by atoms with Crippen molar-refractivity contribution in [2.45, 2.75) is 6.54 Å². The Bertz CT molecular complexity index is 140. The lowest BCUT2D eigenvalue weighted by molar-refractivity contribution is 0.662. The summed E-state index contributed by atoms with van der Waals surface area (Å²) >= 11 is 5.40. The normalized spacial score (nSPS) is 8.56. The Morgan fingerprint density at radius 1 is 1.56 bits per heavy atom. The van der Waals surface area contributed by atoms with Gasteiger partial charge in [-0.05, 0) is 0 Å². The SMILES string of the molecule is Cl.ClCCn1cncn1. The first-order valence-electron chi connectivity index (χ1n) is 2.32. The number of hydrogen-bond acceptors (Lipinski definition) is 2. The van der Waals surface area contributed by atoms with Crippen molar-refractivity contribution in [3.8, 4) is 0 Å². The van der Waals surface area contributed by atoms with Crippen molar-refractivity contribution in [2.24, 2.45) is 0 Å². The molecular formula is C4H7Cl2N3. The second-order valence-electron chi connectivity index (χ2n) is 1.35. The second kappa shape index (κ2) is 4.58. The van der Waals surface area contributed by atoms with Gasteiger partial charge in [0, 0.05) is 5.88 Å². The molecule has 0 atom stereocenters. The van der Waals surface area contributed by atoms with Crippen LogP contribution in [0.25, 0.3) is 0 Å². The molecule has 1 aromatic rings. The molecule has 0 saturated heterocycles. The van der Waals surface area contributed by atoms with Gasteiger partial charge in [-0.2, -0.15) is 5.10 Å². The van der Waals surface area contributed by atoms with Gasteiger partial charge in [0.15, 0.2) is 0 Å². The van der Waals surface area contributed by atoms with E-state index in [9.17, 15) is 0 Å². The molecule has 0 aliphatic rings. The Labute approximate surface area is 64.4 Å². The zero-order valence-corrected chi connectivity index (χ0v) is 6.27. The van der Waals surface area contributed by atoms with E-state index in [0.29, 0.717) is 5.88 Å². The number of halogens is 2. The molecule has 0 aromatic carbocycles. The van der Waals surface area contributed by atoms with Crippen LogP contribution >= 0.6 is 24.0 Å². The highest BCUT2D eigenvalue weighted by Crippen LogP contribution is 1.81. The molecule has 52 valence electrons. The van der Waals surface area contributed by atoms with Crippen molar-refractivity contribution < 1.29 is 0 Å². The van der Waals surface area contributed by atoms with Crippen molar-refractivity contribution in [1.29, 1.82) is 0 Å². The summed E-state index contributed by atoms with van der Waals surface area (Å²) in [6.07, 6.45) is 3.13. The highest BCUT2D eigenvalue weighted by Gasteiger charge is 1.84. The average molecular weight is 168 g/mol. The summed E-state index contributed by atoms with van der Waals surface area (Å²) in [6, 6.07) is 0. The van der Waals surface area contributed by atoms with Crippen LogP contribution in [-0.2, 0) is 6.54 Å². The van der Waals surface area contributed by atoms with E-state index < -0.39 is 0 Å². The van der Waals surface area contributed by atoms with Crippen LogP contribution in [-0.4, -0.2) is 20.6 Å². The summed E-state index contributed by atoms with van der Waals surface area (Å²) in [7, 11) is 0. The number of hydrogen-bond donors (Lipinski definition) is 0. The maximum atomic E-state index is 5.40. The minimum Gasteiger partial charge on any atom is -0.252 e. The Balaban J connectivity index is 0.000000640. The Hall–Kier alpha value is -0.280. The van der Waals surface area contributed by atoms with E-state index >= 15 is 0 Å². The van der Waals surface area contributed by atoms with E-state index in [-0.39, 0.29) is 12.4 Å². The van der Waals surface area contributed by atoms with Crippen LogP contribution < -0.4 is 0 Å². The highest BCUT2D eigenvalue weighted by atomic mass is 35.5. The van der Waals surface area contributed by atoms with Crippen molar-refractivity contribution in [2.75, 3.05) is 5.88 Å². The molecule has 0 fully saturated rings. The maximum Gasteiger partial charge on any atom is 0.137 e. The topological polar surface area (TPSA) is 30.7 Å². The standard InChI is InChI=1S/C4H6ClN3.ClH/c5-1-2-8-4-6-3-7-8;/h3-4H,1-2H2;1H. The predicted molar refractivity (Wildman–Crippen MR) is 38.0 cm³/mol. The van der Waals surface area contributed by atoms with Gasteiger partial charge in [-0.1, -0.05) is 0 Å². The number of alkyl halides is 1. The predicted octanol–water partition coefficient (Wildman–Crippen LogP) is 0.939. The number of nitrogens with zero attached hydrogens (tertiary/aromatic N) is 3. The van der Waals surface area contributed by atoms with E-state index in [0.717, 1.165) is 6.54 Å². The fourth-order valence-corrected chi connectivity index (χ4v) is 0.608. The van der Waals surface area contributed by atoms with Crippen LogP contribution in [0.5, 0.6) is 0 Å². The van der Waals surface area contributed by atoms with Crippen LogP contribution in [0.1, 0.15) is 0 Å². The first kappa shape index (κ1) is 8.72. The van der Waals surface area contributed by atoms with Gasteiger partial charge in [-0.3, -0.25) is 4.68 Å². The molecule has 5 heteroatoms. The van der Waals surface area contributed by atoms with Gasteiger partial charge < -0.3 is 0 Å². The first-order valence-corrected chi connectivity index (χ1v) is 2.85. The summed E-state index contributed by atoms with van der Waals surface area (Å²) in [6.45, 7) is 0.738. The molecule has 9 heavy (non-hydrogen) atoms. The minimum absolute atomic E-state index is 0. The van der Waals surface area contributed by atoms with Crippen LogP contribution in [0, 0.1) is 0 Å². The van der Waals surface area contributed by atoms with Crippen LogP contribution in [0.2, 0.25) is 0 Å². The molecule has 0 saturated carbocycles.